The first-order valence-corrected chi connectivity index (χ1v) is 16.9. The van der Waals surface area contributed by atoms with E-state index < -0.39 is 74.3 Å². The van der Waals surface area contributed by atoms with E-state index in [1.807, 2.05) is 6.08 Å². The Morgan fingerprint density at radius 3 is 2.29 bits per heavy atom. The third kappa shape index (κ3) is 11.3. The Morgan fingerprint density at radius 1 is 1.04 bits per heavy atom. The van der Waals surface area contributed by atoms with E-state index in [2.05, 4.69) is 10.0 Å². The van der Waals surface area contributed by atoms with E-state index in [1.165, 1.54) is 4.90 Å². The highest BCUT2D eigenvalue weighted by molar-refractivity contribution is 7.90. The van der Waals surface area contributed by atoms with Crippen LogP contribution in [0.5, 0.6) is 0 Å². The fraction of sp³-hybridized carbons (Fsp3) is 0.767. The van der Waals surface area contributed by atoms with E-state index in [4.69, 9.17) is 19.9 Å². The molecule has 15 heteroatoms. The molecule has 0 aromatic rings. The molecule has 14 nitrogen and oxygen atoms in total. The number of sulfonamides is 1. The first-order chi connectivity index (χ1) is 20.8. The van der Waals surface area contributed by atoms with Crippen molar-refractivity contribution in [2.45, 2.75) is 109 Å². The molecule has 1 heterocycles. The van der Waals surface area contributed by atoms with Crippen molar-refractivity contribution >= 4 is 39.8 Å². The van der Waals surface area contributed by atoms with E-state index in [0.29, 0.717) is 25.7 Å². The molecule has 3 rings (SSSR count). The van der Waals surface area contributed by atoms with Gasteiger partial charge < -0.3 is 30.2 Å². The number of carbonyl (C=O) groups is 5. The van der Waals surface area contributed by atoms with Gasteiger partial charge >= 0.3 is 12.1 Å². The second-order valence-corrected chi connectivity index (χ2v) is 15.9. The number of hydrogen-bond acceptors (Lipinski definition) is 10. The van der Waals surface area contributed by atoms with Gasteiger partial charge in [0.05, 0.1) is 23.8 Å². The van der Waals surface area contributed by atoms with Gasteiger partial charge in [-0.2, -0.15) is 0 Å². The van der Waals surface area contributed by atoms with Crippen LogP contribution in [-0.4, -0.2) is 91.9 Å². The highest BCUT2D eigenvalue weighted by Gasteiger charge is 2.45. The number of rotatable bonds is 14. The van der Waals surface area contributed by atoms with Gasteiger partial charge in [-0.3, -0.25) is 23.9 Å². The van der Waals surface area contributed by atoms with Gasteiger partial charge in [0.1, 0.15) is 23.8 Å². The van der Waals surface area contributed by atoms with E-state index >= 15 is 0 Å². The minimum Gasteiger partial charge on any atom is -0.460 e. The summed E-state index contributed by atoms with van der Waals surface area (Å²) >= 11 is 0. The standard InChI is InChI=1S/C30H48N4O10S/c1-29(2,3)27(38)43-19-16-23(24(31)35)34(17-19)26(37)22(32-28(39)44-30(4,5)6)10-8-14-42-13-7-9-18-15-21(18)25(36)33-45(40,41)20-11-12-20/h7,9,18-23H,8,10-17H2,1-6H3,(H2,31,35)(H,32,39)(H,33,36)/b9-7-/t18-,19-,21+,22+,23+/m1/s1. The second kappa shape index (κ2) is 14.5. The number of nitrogens with two attached hydrogens (primary N) is 1. The lowest BCUT2D eigenvalue weighted by Gasteiger charge is -2.28. The lowest BCUT2D eigenvalue weighted by Crippen LogP contribution is -2.53. The number of amides is 4. The van der Waals surface area contributed by atoms with Crippen LogP contribution in [0.1, 0.15) is 80.1 Å². The summed E-state index contributed by atoms with van der Waals surface area (Å²) in [7, 11) is -3.56. The summed E-state index contributed by atoms with van der Waals surface area (Å²) in [5, 5.41) is 2.14. The number of esters is 1. The first kappa shape index (κ1) is 36.3. The van der Waals surface area contributed by atoms with Crippen LogP contribution in [0.15, 0.2) is 12.2 Å². The van der Waals surface area contributed by atoms with Gasteiger partial charge in [0.25, 0.3) is 0 Å². The predicted octanol–water partition coefficient (Wildman–Crippen LogP) is 1.52. The van der Waals surface area contributed by atoms with Gasteiger partial charge in [-0.1, -0.05) is 12.2 Å². The Kier molecular flexibility index (Phi) is 11.7. The maximum Gasteiger partial charge on any atom is 0.408 e. The molecule has 5 atom stereocenters. The highest BCUT2D eigenvalue weighted by atomic mass is 32.2. The largest absolute Gasteiger partial charge is 0.460 e. The molecule has 0 spiro atoms. The van der Waals surface area contributed by atoms with E-state index in [1.54, 1.807) is 47.6 Å². The number of allylic oxidation sites excluding steroid dienone is 1. The van der Waals surface area contributed by atoms with Gasteiger partial charge in [-0.15, -0.1) is 0 Å². The van der Waals surface area contributed by atoms with Crippen LogP contribution in [0.4, 0.5) is 4.79 Å². The van der Waals surface area contributed by atoms with Gasteiger partial charge in [0, 0.05) is 18.9 Å². The third-order valence-corrected chi connectivity index (χ3v) is 9.35. The van der Waals surface area contributed by atoms with Crippen LogP contribution >= 0.6 is 0 Å². The Balaban J connectivity index is 1.51. The zero-order chi connectivity index (χ0) is 33.7. The van der Waals surface area contributed by atoms with Crippen molar-refractivity contribution < 1.29 is 46.6 Å². The molecule has 0 unspecified atom stereocenters. The van der Waals surface area contributed by atoms with Crippen LogP contribution < -0.4 is 15.8 Å². The predicted molar refractivity (Wildman–Crippen MR) is 163 cm³/mol. The Labute approximate surface area is 265 Å². The molecule has 2 aliphatic carbocycles. The Morgan fingerprint density at radius 2 is 1.71 bits per heavy atom. The molecule has 0 bridgehead atoms. The number of nitrogens with one attached hydrogen (secondary N) is 2. The van der Waals surface area contributed by atoms with E-state index in [0.717, 1.165) is 0 Å². The number of carbonyl (C=O) groups excluding carboxylic acids is 5. The number of primary amides is 1. The number of ether oxygens (including phenoxy) is 3. The minimum absolute atomic E-state index is 0.0469. The number of hydrogen-bond donors (Lipinski definition) is 3. The quantitative estimate of drug-likeness (QED) is 0.140. The van der Waals surface area contributed by atoms with Crippen molar-refractivity contribution in [2.75, 3.05) is 19.8 Å². The molecule has 0 aromatic carbocycles. The molecular formula is C30H48N4O10S. The summed E-state index contributed by atoms with van der Waals surface area (Å²) in [5.74, 6) is -2.66. The number of nitrogens with zero attached hydrogens (tertiary/aromatic N) is 1. The third-order valence-electron chi connectivity index (χ3n) is 7.51. The van der Waals surface area contributed by atoms with Crippen LogP contribution in [0, 0.1) is 17.3 Å². The molecule has 4 N–H and O–H groups in total. The molecule has 4 amide bonds. The normalized spacial score (nSPS) is 24.2. The fourth-order valence-corrected chi connectivity index (χ4v) is 6.16. The molecule has 3 aliphatic rings. The molecular weight excluding hydrogens is 608 g/mol. The van der Waals surface area contributed by atoms with Crippen molar-refractivity contribution in [3.05, 3.63) is 12.2 Å². The summed E-state index contributed by atoms with van der Waals surface area (Å²) in [6, 6.07) is -2.07. The lowest BCUT2D eigenvalue weighted by atomic mass is 9.97. The maximum atomic E-state index is 13.6. The van der Waals surface area contributed by atoms with Gasteiger partial charge in [0.15, 0.2) is 0 Å². The summed E-state index contributed by atoms with van der Waals surface area (Å²) in [5.41, 5.74) is 4.00. The maximum absolute atomic E-state index is 13.6. The lowest BCUT2D eigenvalue weighted by molar-refractivity contribution is -0.158. The summed E-state index contributed by atoms with van der Waals surface area (Å²) < 4.78 is 42.6. The smallest absolute Gasteiger partial charge is 0.408 e. The molecule has 2 saturated carbocycles. The van der Waals surface area contributed by atoms with Crippen LogP contribution in [0.2, 0.25) is 0 Å². The van der Waals surface area contributed by atoms with Crippen LogP contribution in [0.3, 0.4) is 0 Å². The van der Waals surface area contributed by atoms with E-state index in [9.17, 15) is 32.4 Å². The molecule has 3 fully saturated rings. The Hall–Kier alpha value is -3.20. The second-order valence-electron chi connectivity index (χ2n) is 14.0. The average Bonchev–Trinajstić information content (AvgIpc) is 3.82. The van der Waals surface area contributed by atoms with Crippen molar-refractivity contribution in [1.29, 1.82) is 0 Å². The monoisotopic (exact) mass is 656 g/mol. The van der Waals surface area contributed by atoms with Crippen molar-refractivity contribution in [3.63, 3.8) is 0 Å². The van der Waals surface area contributed by atoms with Gasteiger partial charge in [-0.25, -0.2) is 13.2 Å². The average molecular weight is 657 g/mol. The van der Waals surface area contributed by atoms with Crippen molar-refractivity contribution in [3.8, 4) is 0 Å². The minimum atomic E-state index is -3.56. The molecule has 0 aromatic heterocycles. The zero-order valence-electron chi connectivity index (χ0n) is 27.0. The fourth-order valence-electron chi connectivity index (χ4n) is 4.81. The summed E-state index contributed by atoms with van der Waals surface area (Å²) in [6.45, 7) is 10.6. The van der Waals surface area contributed by atoms with E-state index in [-0.39, 0.29) is 44.4 Å². The Bertz CT molecular complexity index is 1270. The molecule has 45 heavy (non-hydrogen) atoms. The topological polar surface area (TPSA) is 200 Å². The van der Waals surface area contributed by atoms with Crippen LogP contribution in [-0.2, 0) is 43.4 Å². The molecule has 1 saturated heterocycles. The summed E-state index contributed by atoms with van der Waals surface area (Å²) in [6.07, 6.45) is 4.38. The van der Waals surface area contributed by atoms with Crippen molar-refractivity contribution in [1.82, 2.24) is 14.9 Å². The van der Waals surface area contributed by atoms with Crippen LogP contribution in [0.25, 0.3) is 0 Å². The highest BCUT2D eigenvalue weighted by Crippen LogP contribution is 2.40. The molecule has 1 aliphatic heterocycles. The summed E-state index contributed by atoms with van der Waals surface area (Å²) in [4.78, 5) is 64.3. The zero-order valence-corrected chi connectivity index (χ0v) is 27.8. The number of alkyl carbamates (subject to hydrolysis) is 1. The van der Waals surface area contributed by atoms with Crippen molar-refractivity contribution in [2.24, 2.45) is 23.0 Å². The van der Waals surface area contributed by atoms with Gasteiger partial charge in [0.2, 0.25) is 27.7 Å². The molecule has 0 radical (unpaired) electrons. The SMILES string of the molecule is CC(C)(C)OC(=O)N[C@@H](CCCOC/C=C\[C@@H]1C[C@@H]1C(=O)NS(=O)(=O)C1CC1)C(=O)N1C[C@H](OC(=O)C(C)(C)C)C[C@H]1C(N)=O. The van der Waals surface area contributed by atoms with Gasteiger partial charge in [-0.05, 0) is 79.6 Å². The first-order valence-electron chi connectivity index (χ1n) is 15.4. The molecule has 254 valence electrons. The number of likely N-dealkylation sites (tertiary alicyclic amines) is 1.